The first-order chi connectivity index (χ1) is 11.7. The molecule has 1 aliphatic heterocycles. The molecular weight excluding hydrogens is 322 g/mol. The maximum absolute atomic E-state index is 5.54. The van der Waals surface area contributed by atoms with E-state index < -0.39 is 0 Å². The van der Waals surface area contributed by atoms with Gasteiger partial charge in [-0.3, -0.25) is 4.90 Å². The van der Waals surface area contributed by atoms with Crippen LogP contribution in [0.25, 0.3) is 0 Å². The smallest absolute Gasteiger partial charge is 0.229 e. The van der Waals surface area contributed by atoms with Crippen LogP contribution in [0, 0.1) is 0 Å². The van der Waals surface area contributed by atoms with Crippen LogP contribution in [0.4, 0.5) is 0 Å². The molecule has 2 fully saturated rings. The summed E-state index contributed by atoms with van der Waals surface area (Å²) in [5, 5.41) is 5.33. The summed E-state index contributed by atoms with van der Waals surface area (Å²) in [4.78, 5) is 11.8. The first-order valence-corrected chi connectivity index (χ1v) is 9.84. The second kappa shape index (κ2) is 6.88. The first-order valence-electron chi connectivity index (χ1n) is 9.07. The van der Waals surface area contributed by atoms with Gasteiger partial charge in [-0.05, 0) is 50.3 Å². The lowest BCUT2D eigenvalue weighted by molar-refractivity contribution is 0.187. The number of aromatic nitrogens is 4. The molecule has 1 aliphatic carbocycles. The topological polar surface area (TPSA) is 67.9 Å². The van der Waals surface area contributed by atoms with E-state index in [0.29, 0.717) is 17.8 Å². The van der Waals surface area contributed by atoms with E-state index in [1.165, 1.54) is 19.3 Å². The highest BCUT2D eigenvalue weighted by Gasteiger charge is 2.29. The molecule has 0 radical (unpaired) electrons. The molecule has 0 atom stereocenters. The fraction of sp³-hybridized carbons (Fsp3) is 0.765. The van der Waals surface area contributed by atoms with E-state index in [-0.39, 0.29) is 0 Å². The SMILES string of the molecule is CC(C)c1nsc(CN2CCC(c3nc(C4CCC4)no3)CC2)n1. The van der Waals surface area contributed by atoms with Gasteiger partial charge in [-0.25, -0.2) is 4.98 Å². The number of rotatable bonds is 5. The summed E-state index contributed by atoms with van der Waals surface area (Å²) in [6.07, 6.45) is 5.91. The van der Waals surface area contributed by atoms with Crippen molar-refractivity contribution in [3.8, 4) is 0 Å². The minimum Gasteiger partial charge on any atom is -0.339 e. The zero-order valence-electron chi connectivity index (χ0n) is 14.4. The van der Waals surface area contributed by atoms with Gasteiger partial charge in [0, 0.05) is 17.8 Å². The van der Waals surface area contributed by atoms with Gasteiger partial charge < -0.3 is 4.52 Å². The van der Waals surface area contributed by atoms with Crippen LogP contribution in [-0.4, -0.2) is 37.5 Å². The summed E-state index contributed by atoms with van der Waals surface area (Å²) in [5.74, 6) is 4.14. The molecule has 0 N–H and O–H groups in total. The maximum Gasteiger partial charge on any atom is 0.229 e. The lowest BCUT2D eigenvalue weighted by Gasteiger charge is -2.29. The number of hydrogen-bond acceptors (Lipinski definition) is 7. The predicted octanol–water partition coefficient (Wildman–Crippen LogP) is 3.69. The van der Waals surface area contributed by atoms with E-state index in [9.17, 15) is 0 Å². The summed E-state index contributed by atoms with van der Waals surface area (Å²) in [5.41, 5.74) is 0. The van der Waals surface area contributed by atoms with Gasteiger partial charge in [-0.1, -0.05) is 25.4 Å². The van der Waals surface area contributed by atoms with Gasteiger partial charge in [0.15, 0.2) is 5.82 Å². The van der Waals surface area contributed by atoms with Crippen molar-refractivity contribution in [3.05, 3.63) is 22.5 Å². The molecule has 2 aliphatic rings. The lowest BCUT2D eigenvalue weighted by atomic mass is 9.85. The number of hydrogen-bond donors (Lipinski definition) is 0. The van der Waals surface area contributed by atoms with Crippen LogP contribution in [-0.2, 0) is 6.54 Å². The third-order valence-electron chi connectivity index (χ3n) is 5.22. The largest absolute Gasteiger partial charge is 0.339 e. The quantitative estimate of drug-likeness (QED) is 0.821. The summed E-state index contributed by atoms with van der Waals surface area (Å²) in [6.45, 7) is 7.30. The minimum absolute atomic E-state index is 0.406. The summed E-state index contributed by atoms with van der Waals surface area (Å²) in [6, 6.07) is 0. The van der Waals surface area contributed by atoms with Crippen LogP contribution in [0.15, 0.2) is 4.52 Å². The Morgan fingerprint density at radius 2 is 1.92 bits per heavy atom. The van der Waals surface area contributed by atoms with E-state index in [2.05, 4.69) is 38.2 Å². The first kappa shape index (κ1) is 16.1. The van der Waals surface area contributed by atoms with Gasteiger partial charge in [-0.15, -0.1) is 0 Å². The van der Waals surface area contributed by atoms with Gasteiger partial charge in [-0.2, -0.15) is 9.36 Å². The van der Waals surface area contributed by atoms with Gasteiger partial charge in [0.2, 0.25) is 5.89 Å². The Kier molecular flexibility index (Phi) is 4.63. The van der Waals surface area contributed by atoms with E-state index >= 15 is 0 Å². The average Bonchev–Trinajstić information content (AvgIpc) is 3.16. The van der Waals surface area contributed by atoms with Crippen LogP contribution in [0.5, 0.6) is 0 Å². The van der Waals surface area contributed by atoms with E-state index in [0.717, 1.165) is 55.0 Å². The van der Waals surface area contributed by atoms with Crippen LogP contribution in [0.2, 0.25) is 0 Å². The maximum atomic E-state index is 5.54. The highest BCUT2D eigenvalue weighted by Crippen LogP contribution is 2.36. The van der Waals surface area contributed by atoms with Gasteiger partial charge in [0.25, 0.3) is 0 Å². The molecular formula is C17H25N5OS. The standard InChI is InChI=1S/C17H25N5OS/c1-11(2)15-18-14(24-21-15)10-22-8-6-13(7-9-22)17-19-16(20-23-17)12-4-3-5-12/h11-13H,3-10H2,1-2H3. The van der Waals surface area contributed by atoms with Crippen molar-refractivity contribution in [2.24, 2.45) is 0 Å². The fourth-order valence-electron chi connectivity index (χ4n) is 3.34. The Morgan fingerprint density at radius 1 is 1.12 bits per heavy atom. The summed E-state index contributed by atoms with van der Waals surface area (Å²) >= 11 is 1.54. The Hall–Kier alpha value is -1.34. The van der Waals surface area contributed by atoms with E-state index in [1.54, 1.807) is 11.5 Å². The van der Waals surface area contributed by atoms with Crippen LogP contribution >= 0.6 is 11.5 Å². The molecule has 4 rings (SSSR count). The monoisotopic (exact) mass is 347 g/mol. The van der Waals surface area contributed by atoms with Crippen molar-refractivity contribution in [2.75, 3.05) is 13.1 Å². The minimum atomic E-state index is 0.406. The molecule has 2 aromatic rings. The molecule has 3 heterocycles. The molecule has 6 nitrogen and oxygen atoms in total. The Morgan fingerprint density at radius 3 is 2.54 bits per heavy atom. The third kappa shape index (κ3) is 3.37. The average molecular weight is 347 g/mol. The zero-order valence-corrected chi connectivity index (χ0v) is 15.3. The van der Waals surface area contributed by atoms with E-state index in [4.69, 9.17) is 4.52 Å². The van der Waals surface area contributed by atoms with Crippen LogP contribution < -0.4 is 0 Å². The molecule has 2 aromatic heterocycles. The van der Waals surface area contributed by atoms with Crippen LogP contribution in [0.3, 0.4) is 0 Å². The van der Waals surface area contributed by atoms with Crippen molar-refractivity contribution in [1.29, 1.82) is 0 Å². The normalized spacial score (nSPS) is 20.6. The summed E-state index contributed by atoms with van der Waals surface area (Å²) in [7, 11) is 0. The predicted molar refractivity (Wildman–Crippen MR) is 92.1 cm³/mol. The van der Waals surface area contributed by atoms with Gasteiger partial charge in [0.1, 0.15) is 10.8 Å². The van der Waals surface area contributed by atoms with E-state index in [1.807, 2.05) is 0 Å². The molecule has 1 saturated heterocycles. The fourth-order valence-corrected chi connectivity index (χ4v) is 4.17. The molecule has 1 saturated carbocycles. The molecule has 0 unspecified atom stereocenters. The molecule has 0 spiro atoms. The van der Waals surface area contributed by atoms with Crippen molar-refractivity contribution < 1.29 is 4.52 Å². The molecule has 0 amide bonds. The van der Waals surface area contributed by atoms with Gasteiger partial charge >= 0.3 is 0 Å². The summed E-state index contributed by atoms with van der Waals surface area (Å²) < 4.78 is 9.99. The molecule has 0 bridgehead atoms. The van der Waals surface area contributed by atoms with Crippen molar-refractivity contribution in [2.45, 2.75) is 70.3 Å². The highest BCUT2D eigenvalue weighted by atomic mass is 32.1. The Labute approximate surface area is 146 Å². The molecule has 7 heteroatoms. The van der Waals surface area contributed by atoms with Crippen molar-refractivity contribution in [1.82, 2.24) is 24.4 Å². The van der Waals surface area contributed by atoms with Crippen LogP contribution in [0.1, 0.15) is 86.3 Å². The second-order valence-corrected chi connectivity index (χ2v) is 8.21. The Balaban J connectivity index is 1.30. The number of piperidine rings is 1. The van der Waals surface area contributed by atoms with Gasteiger partial charge in [0.05, 0.1) is 6.54 Å². The lowest BCUT2D eigenvalue weighted by Crippen LogP contribution is -2.32. The molecule has 0 aromatic carbocycles. The molecule has 24 heavy (non-hydrogen) atoms. The Bertz CT molecular complexity index is 670. The number of likely N-dealkylation sites (tertiary alicyclic amines) is 1. The second-order valence-electron chi connectivity index (χ2n) is 7.37. The highest BCUT2D eigenvalue weighted by molar-refractivity contribution is 7.05. The molecule has 130 valence electrons. The van der Waals surface area contributed by atoms with Crippen molar-refractivity contribution >= 4 is 11.5 Å². The number of nitrogens with zero attached hydrogens (tertiary/aromatic N) is 5. The van der Waals surface area contributed by atoms with Crippen molar-refractivity contribution in [3.63, 3.8) is 0 Å². The third-order valence-corrected chi connectivity index (χ3v) is 5.93. The zero-order chi connectivity index (χ0) is 16.5.